The van der Waals surface area contributed by atoms with Gasteiger partial charge in [-0.15, -0.1) is 0 Å². The van der Waals surface area contributed by atoms with Crippen LogP contribution in [0, 0.1) is 11.8 Å². The summed E-state index contributed by atoms with van der Waals surface area (Å²) in [6, 6.07) is 13.6. The fourth-order valence-corrected chi connectivity index (χ4v) is 7.43. The predicted octanol–water partition coefficient (Wildman–Crippen LogP) is 1.46. The molecule has 8 rings (SSSR count). The summed E-state index contributed by atoms with van der Waals surface area (Å²) in [5.41, 5.74) is 6.81. The van der Waals surface area contributed by atoms with Crippen molar-refractivity contribution >= 4 is 34.6 Å². The number of benzene rings is 3. The Balaban J connectivity index is 0.846. The lowest BCUT2D eigenvalue weighted by molar-refractivity contribution is -0.120. The highest BCUT2D eigenvalue weighted by molar-refractivity contribution is 6.00. The van der Waals surface area contributed by atoms with Gasteiger partial charge in [-0.2, -0.15) is 5.10 Å². The van der Waals surface area contributed by atoms with Crippen molar-refractivity contribution in [1.82, 2.24) is 30.4 Å². The number of carbonyl (C=O) groups excluding carboxylic acids is 3. The molecular formula is C40H37N7O11. The molecular weight excluding hydrogens is 754 g/mol. The maximum atomic E-state index is 13.3. The van der Waals surface area contributed by atoms with Crippen LogP contribution < -0.4 is 21.1 Å². The van der Waals surface area contributed by atoms with Gasteiger partial charge in [-0.25, -0.2) is 19.4 Å². The van der Waals surface area contributed by atoms with E-state index in [1.807, 2.05) is 0 Å². The van der Waals surface area contributed by atoms with E-state index in [0.29, 0.717) is 47.9 Å². The maximum Gasteiger partial charge on any atom is 0.340 e. The van der Waals surface area contributed by atoms with Gasteiger partial charge in [0.2, 0.25) is 5.91 Å². The van der Waals surface area contributed by atoms with Crippen LogP contribution in [0.2, 0.25) is 0 Å². The minimum atomic E-state index is -1.49. The lowest BCUT2D eigenvalue weighted by Crippen LogP contribution is -2.33. The number of aromatic nitrogens is 4. The summed E-state index contributed by atoms with van der Waals surface area (Å²) in [4.78, 5) is 47.2. The molecule has 298 valence electrons. The number of rotatable bonds is 10. The Morgan fingerprint density at radius 1 is 0.914 bits per heavy atom. The summed E-state index contributed by atoms with van der Waals surface area (Å²) in [7, 11) is 0. The number of aromatic hydroxyl groups is 2. The highest BCUT2D eigenvalue weighted by atomic mass is 16.6. The van der Waals surface area contributed by atoms with Gasteiger partial charge >= 0.3 is 5.97 Å². The second-order valence-electron chi connectivity index (χ2n) is 13.9. The molecule has 1 saturated heterocycles. The van der Waals surface area contributed by atoms with Crippen molar-refractivity contribution in [3.63, 3.8) is 0 Å². The summed E-state index contributed by atoms with van der Waals surface area (Å²) in [6.07, 6.45) is -1.71. The average molecular weight is 792 g/mol. The van der Waals surface area contributed by atoms with E-state index in [4.69, 9.17) is 19.9 Å². The number of nitrogens with two attached hydrogens (primary N) is 1. The molecule has 0 bridgehead atoms. The molecule has 5 aromatic rings. The van der Waals surface area contributed by atoms with E-state index in [9.17, 15) is 39.9 Å². The van der Waals surface area contributed by atoms with Crippen LogP contribution in [0.1, 0.15) is 75.0 Å². The summed E-state index contributed by atoms with van der Waals surface area (Å²) >= 11 is 0. The van der Waals surface area contributed by atoms with Crippen molar-refractivity contribution in [2.45, 2.75) is 55.8 Å². The number of fused-ring (bicyclic) bond motifs is 7. The van der Waals surface area contributed by atoms with Gasteiger partial charge in [0, 0.05) is 47.4 Å². The molecule has 0 unspecified atom stereocenters. The number of amides is 2. The molecule has 3 aliphatic rings. The van der Waals surface area contributed by atoms with Gasteiger partial charge in [-0.3, -0.25) is 9.59 Å². The number of phenolic OH excluding ortho intramolecular Hbond substituents is 2. The number of unbranched alkanes of at least 4 members (excludes halogenated alkanes) is 2. The molecule has 1 fully saturated rings. The molecule has 3 aliphatic heterocycles. The first-order chi connectivity index (χ1) is 28.0. The van der Waals surface area contributed by atoms with Crippen LogP contribution in [0.15, 0.2) is 60.9 Å². The number of aliphatic hydroxyl groups excluding tert-OH is 3. The second-order valence-corrected chi connectivity index (χ2v) is 13.9. The van der Waals surface area contributed by atoms with Crippen LogP contribution in [0.5, 0.6) is 23.0 Å². The Morgan fingerprint density at radius 3 is 2.36 bits per heavy atom. The highest BCUT2D eigenvalue weighted by Crippen LogP contribution is 2.57. The molecule has 2 amide bonds. The van der Waals surface area contributed by atoms with E-state index in [2.05, 4.69) is 37.5 Å². The van der Waals surface area contributed by atoms with E-state index in [1.165, 1.54) is 41.3 Å². The van der Waals surface area contributed by atoms with Crippen molar-refractivity contribution in [2.24, 2.45) is 0 Å². The molecule has 1 spiro atoms. The van der Waals surface area contributed by atoms with Crippen molar-refractivity contribution in [3.05, 3.63) is 94.4 Å². The van der Waals surface area contributed by atoms with E-state index < -0.39 is 42.7 Å². The molecule has 58 heavy (non-hydrogen) atoms. The van der Waals surface area contributed by atoms with Crippen molar-refractivity contribution < 1.29 is 54.1 Å². The van der Waals surface area contributed by atoms with Gasteiger partial charge in [0.25, 0.3) is 5.91 Å². The van der Waals surface area contributed by atoms with E-state index in [0.717, 1.165) is 0 Å². The smallest absolute Gasteiger partial charge is 0.340 e. The summed E-state index contributed by atoms with van der Waals surface area (Å²) < 4.78 is 18.9. The maximum absolute atomic E-state index is 13.3. The molecule has 5 heterocycles. The van der Waals surface area contributed by atoms with E-state index in [1.54, 1.807) is 24.3 Å². The molecule has 18 heteroatoms. The number of hydrogen-bond acceptors (Lipinski definition) is 15. The van der Waals surface area contributed by atoms with Crippen molar-refractivity contribution in [2.75, 3.05) is 25.4 Å². The van der Waals surface area contributed by atoms with Gasteiger partial charge in [-0.05, 0) is 61.2 Å². The molecule has 3 aromatic carbocycles. The van der Waals surface area contributed by atoms with E-state index in [-0.39, 0.29) is 76.1 Å². The number of carbonyl (C=O) groups is 3. The summed E-state index contributed by atoms with van der Waals surface area (Å²) in [5, 5.41) is 60.8. The number of aliphatic hydroxyl groups is 3. The SMILES string of the molecule is Nc1ncnc2c1c(C#CCNC(=O)CCCCCNC(=O)c1ccc3c(c1)C1(OC3=O)c3ccc(O)cc3Oc3cc(O)ccc31)nn2[C@H]1O[C@H](CO)[C@@H](O)[C@H]1O. The van der Waals surface area contributed by atoms with E-state index >= 15 is 0 Å². The second kappa shape index (κ2) is 15.3. The largest absolute Gasteiger partial charge is 0.508 e. The fourth-order valence-electron chi connectivity index (χ4n) is 7.43. The average Bonchev–Trinajstić information content (AvgIpc) is 3.82. The minimum Gasteiger partial charge on any atom is -0.508 e. The third-order valence-corrected chi connectivity index (χ3v) is 10.3. The number of anilines is 1. The normalized spacial score (nSPS) is 19.7. The number of hydrogen-bond donors (Lipinski definition) is 8. The third kappa shape index (κ3) is 6.65. The van der Waals surface area contributed by atoms with Gasteiger partial charge < -0.3 is 56.1 Å². The first-order valence-electron chi connectivity index (χ1n) is 18.4. The molecule has 2 aromatic heterocycles. The standard InChI is InChI=1S/C40H37N7O11/c41-35-32-27(46-47(36(32)45-19-44-35)38-34(53)33(52)30(18-48)57-38)5-4-14-42-31(51)6-2-1-3-13-43-37(54)20-7-10-23-26(15-20)40(58-39(23)55)24-11-8-21(49)16-28(24)56-29-17-22(50)9-12-25(29)40/h7-12,15-17,19,30,33-34,38,48-50,52-53H,1-3,6,13-14,18H2,(H,42,51)(H,43,54)(H2,41,44,45)/t30-,33-,34-,38+/m1/s1. The Bertz CT molecular complexity index is 2480. The summed E-state index contributed by atoms with van der Waals surface area (Å²) in [6.45, 7) is -0.186. The first kappa shape index (κ1) is 38.1. The predicted molar refractivity (Wildman–Crippen MR) is 201 cm³/mol. The molecule has 0 aliphatic carbocycles. The van der Waals surface area contributed by atoms with Crippen LogP contribution in [-0.2, 0) is 19.9 Å². The number of nitrogens with zero attached hydrogens (tertiary/aromatic N) is 4. The third-order valence-electron chi connectivity index (χ3n) is 10.3. The van der Waals surface area contributed by atoms with Gasteiger partial charge in [-0.1, -0.05) is 12.3 Å². The monoisotopic (exact) mass is 791 g/mol. The van der Waals surface area contributed by atoms with Crippen LogP contribution >= 0.6 is 0 Å². The molecule has 18 nitrogen and oxygen atoms in total. The number of nitrogen functional groups attached to an aromatic ring is 1. The van der Waals surface area contributed by atoms with Gasteiger partial charge in [0.05, 0.1) is 24.1 Å². The Morgan fingerprint density at radius 2 is 1.66 bits per heavy atom. The fraction of sp³-hybridized carbons (Fsp3) is 0.300. The topological polar surface area (TPSA) is 274 Å². The van der Waals surface area contributed by atoms with Gasteiger partial charge in [0.1, 0.15) is 59.1 Å². The lowest BCUT2D eigenvalue weighted by atomic mass is 9.77. The number of ether oxygens (including phenoxy) is 3. The molecule has 4 atom stereocenters. The van der Waals surface area contributed by atoms with Crippen LogP contribution in [-0.4, -0.2) is 101 Å². The Kier molecular flexibility index (Phi) is 10.0. The lowest BCUT2D eigenvalue weighted by Gasteiger charge is -2.36. The zero-order chi connectivity index (χ0) is 40.7. The van der Waals surface area contributed by atoms with Crippen LogP contribution in [0.25, 0.3) is 11.0 Å². The number of nitrogens with one attached hydrogen (secondary N) is 2. The zero-order valence-electron chi connectivity index (χ0n) is 30.6. The highest BCUT2D eigenvalue weighted by Gasteiger charge is 2.54. The Labute approximate surface area is 329 Å². The zero-order valence-corrected chi connectivity index (χ0v) is 30.6. The minimum absolute atomic E-state index is 0.00146. The first-order valence-corrected chi connectivity index (χ1v) is 18.4. The molecule has 0 saturated carbocycles. The summed E-state index contributed by atoms with van der Waals surface area (Å²) in [5.74, 6) is 4.86. The number of esters is 1. The number of phenols is 2. The quantitative estimate of drug-likeness (QED) is 0.0565. The van der Waals surface area contributed by atoms with Gasteiger partial charge in [0.15, 0.2) is 17.5 Å². The van der Waals surface area contributed by atoms with Crippen molar-refractivity contribution in [1.29, 1.82) is 0 Å². The van der Waals surface area contributed by atoms with Crippen LogP contribution in [0.4, 0.5) is 5.82 Å². The molecule has 9 N–H and O–H groups in total. The molecule has 0 radical (unpaired) electrons. The van der Waals surface area contributed by atoms with Crippen molar-refractivity contribution in [3.8, 4) is 34.8 Å². The van der Waals surface area contributed by atoms with Crippen LogP contribution in [0.3, 0.4) is 0 Å². The Hall–Kier alpha value is -6.78.